The third-order valence-corrected chi connectivity index (χ3v) is 3.79. The first kappa shape index (κ1) is 13.6. The van der Waals surface area contributed by atoms with Crippen molar-refractivity contribution < 1.29 is 13.6 Å². The summed E-state index contributed by atoms with van der Waals surface area (Å²) in [5, 5.41) is 6.09. The highest BCUT2D eigenvalue weighted by Gasteiger charge is 2.26. The van der Waals surface area contributed by atoms with Crippen molar-refractivity contribution in [3.63, 3.8) is 0 Å². The van der Waals surface area contributed by atoms with E-state index in [0.29, 0.717) is 17.1 Å². The van der Waals surface area contributed by atoms with Crippen molar-refractivity contribution >= 4 is 11.6 Å². The SMILES string of the molecule is O=C1N[C@@H](c2ccc(-c3ccc(F)cc3)o2)Nc2ccccc21. The van der Waals surface area contributed by atoms with Crippen LogP contribution in [-0.2, 0) is 0 Å². The Kier molecular flexibility index (Phi) is 3.12. The molecule has 2 heterocycles. The van der Waals surface area contributed by atoms with Gasteiger partial charge in [-0.2, -0.15) is 0 Å². The predicted molar refractivity (Wildman–Crippen MR) is 84.4 cm³/mol. The van der Waals surface area contributed by atoms with Gasteiger partial charge in [0.1, 0.15) is 17.3 Å². The molecule has 2 N–H and O–H groups in total. The Morgan fingerprint density at radius 3 is 2.52 bits per heavy atom. The van der Waals surface area contributed by atoms with E-state index in [0.717, 1.165) is 11.3 Å². The molecule has 114 valence electrons. The summed E-state index contributed by atoms with van der Waals surface area (Å²) in [5.74, 6) is 0.768. The highest BCUT2D eigenvalue weighted by atomic mass is 19.1. The second kappa shape index (κ2) is 5.28. The van der Waals surface area contributed by atoms with Crippen molar-refractivity contribution in [1.82, 2.24) is 5.32 Å². The molecule has 2 aromatic carbocycles. The molecule has 4 nitrogen and oxygen atoms in total. The van der Waals surface area contributed by atoms with E-state index in [1.165, 1.54) is 12.1 Å². The summed E-state index contributed by atoms with van der Waals surface area (Å²) in [6.07, 6.45) is -0.438. The average Bonchev–Trinajstić information content (AvgIpc) is 3.05. The summed E-state index contributed by atoms with van der Waals surface area (Å²) in [6.45, 7) is 0. The fourth-order valence-corrected chi connectivity index (χ4v) is 2.63. The van der Waals surface area contributed by atoms with Gasteiger partial charge in [0.25, 0.3) is 5.91 Å². The monoisotopic (exact) mass is 308 g/mol. The molecule has 3 aromatic rings. The first-order chi connectivity index (χ1) is 11.2. The summed E-state index contributed by atoms with van der Waals surface area (Å²) >= 11 is 0. The first-order valence-corrected chi connectivity index (χ1v) is 7.23. The summed E-state index contributed by atoms with van der Waals surface area (Å²) in [5.41, 5.74) is 2.15. The van der Waals surface area contributed by atoms with Crippen molar-refractivity contribution in [2.45, 2.75) is 6.17 Å². The third kappa shape index (κ3) is 2.46. The maximum absolute atomic E-state index is 13.0. The lowest BCUT2D eigenvalue weighted by molar-refractivity contribution is 0.0931. The Labute approximate surface area is 131 Å². The average molecular weight is 308 g/mol. The van der Waals surface area contributed by atoms with E-state index in [4.69, 9.17) is 4.42 Å². The molecular weight excluding hydrogens is 295 g/mol. The van der Waals surface area contributed by atoms with Crippen molar-refractivity contribution in [1.29, 1.82) is 0 Å². The van der Waals surface area contributed by atoms with Gasteiger partial charge >= 0.3 is 0 Å². The predicted octanol–water partition coefficient (Wildman–Crippen LogP) is 3.94. The van der Waals surface area contributed by atoms with Gasteiger partial charge in [-0.15, -0.1) is 0 Å². The molecule has 0 saturated carbocycles. The Morgan fingerprint density at radius 2 is 1.70 bits per heavy atom. The number of hydrogen-bond donors (Lipinski definition) is 2. The van der Waals surface area contributed by atoms with Gasteiger partial charge in [0.05, 0.1) is 5.56 Å². The lowest BCUT2D eigenvalue weighted by atomic mass is 10.1. The summed E-state index contributed by atoms with van der Waals surface area (Å²) in [4.78, 5) is 12.1. The summed E-state index contributed by atoms with van der Waals surface area (Å²) in [7, 11) is 0. The second-order valence-corrected chi connectivity index (χ2v) is 5.31. The molecule has 0 aliphatic carbocycles. The molecule has 1 aliphatic heterocycles. The van der Waals surface area contributed by atoms with Gasteiger partial charge in [0.2, 0.25) is 0 Å². The van der Waals surface area contributed by atoms with E-state index < -0.39 is 6.17 Å². The van der Waals surface area contributed by atoms with Crippen LogP contribution in [0.3, 0.4) is 0 Å². The number of furan rings is 1. The van der Waals surface area contributed by atoms with Gasteiger partial charge in [0.15, 0.2) is 6.17 Å². The van der Waals surface area contributed by atoms with Gasteiger partial charge in [0, 0.05) is 11.3 Å². The number of carbonyl (C=O) groups excluding carboxylic acids is 1. The minimum Gasteiger partial charge on any atom is -0.457 e. The summed E-state index contributed by atoms with van der Waals surface area (Å²) < 4.78 is 18.8. The number of hydrogen-bond acceptors (Lipinski definition) is 3. The van der Waals surface area contributed by atoms with Crippen molar-refractivity contribution in [2.24, 2.45) is 0 Å². The van der Waals surface area contributed by atoms with Crippen molar-refractivity contribution in [2.75, 3.05) is 5.32 Å². The summed E-state index contributed by atoms with van der Waals surface area (Å²) in [6, 6.07) is 17.0. The van der Waals surface area contributed by atoms with Crippen LogP contribution in [0.4, 0.5) is 10.1 Å². The van der Waals surface area contributed by atoms with Gasteiger partial charge < -0.3 is 15.1 Å². The minimum atomic E-state index is -0.438. The van der Waals surface area contributed by atoms with E-state index >= 15 is 0 Å². The van der Waals surface area contributed by atoms with Gasteiger partial charge in [-0.1, -0.05) is 12.1 Å². The number of nitrogens with one attached hydrogen (secondary N) is 2. The topological polar surface area (TPSA) is 54.3 Å². The van der Waals surface area contributed by atoms with Crippen LogP contribution < -0.4 is 10.6 Å². The molecular formula is C18H13FN2O2. The number of benzene rings is 2. The number of carbonyl (C=O) groups is 1. The number of para-hydroxylation sites is 1. The third-order valence-electron chi connectivity index (χ3n) is 3.79. The van der Waals surface area contributed by atoms with Crippen LogP contribution in [0.2, 0.25) is 0 Å². The van der Waals surface area contributed by atoms with Crippen molar-refractivity contribution in [3.05, 3.63) is 77.8 Å². The fraction of sp³-hybridized carbons (Fsp3) is 0.0556. The maximum Gasteiger partial charge on any atom is 0.255 e. The van der Waals surface area contributed by atoms with Crippen LogP contribution in [0, 0.1) is 5.82 Å². The molecule has 1 aromatic heterocycles. The zero-order valence-corrected chi connectivity index (χ0v) is 12.0. The lowest BCUT2D eigenvalue weighted by Crippen LogP contribution is -2.38. The van der Waals surface area contributed by atoms with Gasteiger partial charge in [-0.05, 0) is 48.5 Å². The van der Waals surface area contributed by atoms with E-state index in [2.05, 4.69) is 10.6 Å². The number of anilines is 1. The molecule has 0 bridgehead atoms. The van der Waals surface area contributed by atoms with Crippen LogP contribution in [0.5, 0.6) is 0 Å². The smallest absolute Gasteiger partial charge is 0.255 e. The molecule has 0 unspecified atom stereocenters. The molecule has 0 saturated heterocycles. The van der Waals surface area contributed by atoms with Crippen LogP contribution in [0.25, 0.3) is 11.3 Å². The van der Waals surface area contributed by atoms with E-state index in [1.54, 1.807) is 30.3 Å². The molecule has 1 atom stereocenters. The Bertz CT molecular complexity index is 871. The van der Waals surface area contributed by atoms with Gasteiger partial charge in [-0.3, -0.25) is 4.79 Å². The Balaban J connectivity index is 1.63. The van der Waals surface area contributed by atoms with E-state index in [1.807, 2.05) is 18.2 Å². The molecule has 23 heavy (non-hydrogen) atoms. The number of amides is 1. The standard InChI is InChI=1S/C18H13FN2O2/c19-12-7-5-11(6-8-12)15-9-10-16(23-15)17-20-14-4-2-1-3-13(14)18(22)21-17/h1-10,17,20H,(H,21,22)/t17-/m0/s1. The van der Waals surface area contributed by atoms with Crippen molar-refractivity contribution in [3.8, 4) is 11.3 Å². The zero-order chi connectivity index (χ0) is 15.8. The highest BCUT2D eigenvalue weighted by molar-refractivity contribution is 6.01. The zero-order valence-electron chi connectivity index (χ0n) is 12.0. The second-order valence-electron chi connectivity index (χ2n) is 5.31. The van der Waals surface area contributed by atoms with Gasteiger partial charge in [-0.25, -0.2) is 4.39 Å². The molecule has 1 aliphatic rings. The Morgan fingerprint density at radius 1 is 0.913 bits per heavy atom. The highest BCUT2D eigenvalue weighted by Crippen LogP contribution is 2.30. The number of halogens is 1. The van der Waals surface area contributed by atoms with Crippen LogP contribution in [-0.4, -0.2) is 5.91 Å². The molecule has 4 rings (SSSR count). The fourth-order valence-electron chi connectivity index (χ4n) is 2.63. The van der Waals surface area contributed by atoms with E-state index in [9.17, 15) is 9.18 Å². The van der Waals surface area contributed by atoms with Crippen LogP contribution >= 0.6 is 0 Å². The van der Waals surface area contributed by atoms with Crippen LogP contribution in [0.15, 0.2) is 65.1 Å². The first-order valence-electron chi connectivity index (χ1n) is 7.23. The maximum atomic E-state index is 13.0. The molecule has 0 fully saturated rings. The number of rotatable bonds is 2. The molecule has 0 spiro atoms. The van der Waals surface area contributed by atoms with E-state index in [-0.39, 0.29) is 11.7 Å². The quantitative estimate of drug-likeness (QED) is 0.754. The molecule has 1 amide bonds. The largest absolute Gasteiger partial charge is 0.457 e. The number of fused-ring (bicyclic) bond motifs is 1. The lowest BCUT2D eigenvalue weighted by Gasteiger charge is -2.26. The Hall–Kier alpha value is -3.08. The normalized spacial score (nSPS) is 16.4. The molecule has 5 heteroatoms. The molecule has 0 radical (unpaired) electrons. The van der Waals surface area contributed by atoms with Crippen LogP contribution in [0.1, 0.15) is 22.3 Å². The minimum absolute atomic E-state index is 0.149.